The fourth-order valence-corrected chi connectivity index (χ4v) is 1.75. The van der Waals surface area contributed by atoms with Crippen LogP contribution in [0.2, 0.25) is 0 Å². The van der Waals surface area contributed by atoms with E-state index in [0.29, 0.717) is 5.56 Å². The van der Waals surface area contributed by atoms with Gasteiger partial charge in [0.1, 0.15) is 6.33 Å². The lowest BCUT2D eigenvalue weighted by molar-refractivity contribution is 0.0964. The summed E-state index contributed by atoms with van der Waals surface area (Å²) < 4.78 is 1.55. The molecule has 0 saturated heterocycles. The summed E-state index contributed by atoms with van der Waals surface area (Å²) >= 11 is 0. The second kappa shape index (κ2) is 3.83. The number of carbonyl (C=O) groups is 1. The summed E-state index contributed by atoms with van der Waals surface area (Å²) in [5, 5.41) is 0. The first kappa shape index (κ1) is 9.72. The summed E-state index contributed by atoms with van der Waals surface area (Å²) in [5.74, 6) is -0.0962. The Balaban J connectivity index is 2.14. The number of hydrogen-bond acceptors (Lipinski definition) is 3. The minimum absolute atomic E-state index is 0.0962. The van der Waals surface area contributed by atoms with E-state index in [1.807, 2.05) is 24.3 Å². The lowest BCUT2D eigenvalue weighted by Crippen LogP contribution is -2.10. The van der Waals surface area contributed by atoms with Gasteiger partial charge in [0.25, 0.3) is 5.91 Å². The van der Waals surface area contributed by atoms with Gasteiger partial charge in [-0.15, -0.1) is 0 Å². The summed E-state index contributed by atoms with van der Waals surface area (Å²) in [5.41, 5.74) is 2.23. The van der Waals surface area contributed by atoms with Gasteiger partial charge in [0.15, 0.2) is 0 Å². The number of pyridine rings is 1. The second-order valence-electron chi connectivity index (χ2n) is 3.64. The molecule has 2 heterocycles. The third-order valence-corrected chi connectivity index (χ3v) is 2.60. The molecular weight excluding hydrogens is 214 g/mol. The highest BCUT2D eigenvalue weighted by Gasteiger charge is 2.11. The molecule has 0 aliphatic heterocycles. The Labute approximate surface area is 97.6 Å². The van der Waals surface area contributed by atoms with Gasteiger partial charge in [-0.2, -0.15) is 0 Å². The van der Waals surface area contributed by atoms with E-state index in [2.05, 4.69) is 9.97 Å². The number of benzene rings is 1. The molecule has 0 atom stereocenters. The van der Waals surface area contributed by atoms with Crippen LogP contribution >= 0.6 is 0 Å². The molecule has 4 heteroatoms. The van der Waals surface area contributed by atoms with Crippen LogP contribution in [-0.4, -0.2) is 20.4 Å². The van der Waals surface area contributed by atoms with E-state index in [-0.39, 0.29) is 5.91 Å². The molecular formula is C13H9N3O. The van der Waals surface area contributed by atoms with Gasteiger partial charge >= 0.3 is 0 Å². The van der Waals surface area contributed by atoms with Gasteiger partial charge in [0.05, 0.1) is 11.0 Å². The van der Waals surface area contributed by atoms with Crippen molar-refractivity contribution in [1.29, 1.82) is 0 Å². The van der Waals surface area contributed by atoms with Crippen LogP contribution in [0.15, 0.2) is 55.1 Å². The monoisotopic (exact) mass is 223 g/mol. The molecule has 3 rings (SSSR count). The zero-order valence-electron chi connectivity index (χ0n) is 8.95. The van der Waals surface area contributed by atoms with Gasteiger partial charge in [-0.05, 0) is 24.3 Å². The molecule has 2 aromatic heterocycles. The maximum absolute atomic E-state index is 12.2. The molecule has 0 fully saturated rings. The van der Waals surface area contributed by atoms with Gasteiger partial charge < -0.3 is 0 Å². The molecule has 0 bridgehead atoms. The van der Waals surface area contributed by atoms with Gasteiger partial charge in [-0.1, -0.05) is 12.1 Å². The molecule has 0 amide bonds. The molecule has 0 radical (unpaired) electrons. The first-order chi connectivity index (χ1) is 8.36. The Bertz CT molecular complexity index is 673. The molecule has 4 nitrogen and oxygen atoms in total. The van der Waals surface area contributed by atoms with Crippen LogP contribution in [-0.2, 0) is 0 Å². The van der Waals surface area contributed by atoms with Gasteiger partial charge in [0, 0.05) is 18.0 Å². The van der Waals surface area contributed by atoms with Crippen LogP contribution in [0, 0.1) is 0 Å². The van der Waals surface area contributed by atoms with Gasteiger partial charge in [-0.3, -0.25) is 14.3 Å². The van der Waals surface area contributed by atoms with Crippen molar-refractivity contribution in [3.05, 3.63) is 60.7 Å². The van der Waals surface area contributed by atoms with Crippen LogP contribution < -0.4 is 0 Å². The highest BCUT2D eigenvalue weighted by atomic mass is 16.2. The molecule has 0 aliphatic rings. The zero-order valence-corrected chi connectivity index (χ0v) is 8.95. The maximum Gasteiger partial charge on any atom is 0.263 e. The van der Waals surface area contributed by atoms with Crippen LogP contribution in [0.4, 0.5) is 0 Å². The third kappa shape index (κ3) is 1.59. The topological polar surface area (TPSA) is 47.8 Å². The Morgan fingerprint density at radius 3 is 2.65 bits per heavy atom. The van der Waals surface area contributed by atoms with Gasteiger partial charge in [0.2, 0.25) is 0 Å². The molecule has 0 unspecified atom stereocenters. The average Bonchev–Trinajstić information content (AvgIpc) is 2.83. The molecule has 0 spiro atoms. The van der Waals surface area contributed by atoms with E-state index in [0.717, 1.165) is 11.0 Å². The average molecular weight is 223 g/mol. The third-order valence-electron chi connectivity index (χ3n) is 2.60. The second-order valence-corrected chi connectivity index (χ2v) is 3.64. The van der Waals surface area contributed by atoms with Crippen LogP contribution in [0.25, 0.3) is 11.0 Å². The van der Waals surface area contributed by atoms with Crippen LogP contribution in [0.3, 0.4) is 0 Å². The van der Waals surface area contributed by atoms with E-state index in [1.54, 1.807) is 35.4 Å². The molecule has 0 N–H and O–H groups in total. The fraction of sp³-hybridized carbons (Fsp3) is 0. The molecule has 3 aromatic rings. The lowest BCUT2D eigenvalue weighted by atomic mass is 10.2. The van der Waals surface area contributed by atoms with Crippen molar-refractivity contribution >= 4 is 16.9 Å². The fourth-order valence-electron chi connectivity index (χ4n) is 1.75. The van der Waals surface area contributed by atoms with Crippen molar-refractivity contribution in [3.8, 4) is 0 Å². The van der Waals surface area contributed by atoms with Crippen LogP contribution in [0.5, 0.6) is 0 Å². The Kier molecular flexibility index (Phi) is 2.19. The van der Waals surface area contributed by atoms with Gasteiger partial charge in [-0.25, -0.2) is 4.98 Å². The number of carbonyl (C=O) groups excluding carboxylic acids is 1. The lowest BCUT2D eigenvalue weighted by Gasteiger charge is -2.02. The maximum atomic E-state index is 12.2. The molecule has 17 heavy (non-hydrogen) atoms. The standard InChI is InChI=1S/C13H9N3O/c17-13(10-5-7-14-8-6-10)16-9-15-11-3-1-2-4-12(11)16/h1-9H. The number of rotatable bonds is 1. The number of imidazole rings is 1. The molecule has 82 valence electrons. The number of para-hydroxylation sites is 2. The number of aromatic nitrogens is 3. The minimum Gasteiger partial charge on any atom is -0.268 e. The predicted octanol–water partition coefficient (Wildman–Crippen LogP) is 2.12. The summed E-state index contributed by atoms with van der Waals surface area (Å²) in [7, 11) is 0. The molecule has 0 saturated carbocycles. The van der Waals surface area contributed by atoms with E-state index in [1.165, 1.54) is 0 Å². The summed E-state index contributed by atoms with van der Waals surface area (Å²) in [6, 6.07) is 10.9. The van der Waals surface area contributed by atoms with E-state index >= 15 is 0 Å². The largest absolute Gasteiger partial charge is 0.268 e. The zero-order chi connectivity index (χ0) is 11.7. The van der Waals surface area contributed by atoms with Crippen molar-refractivity contribution in [3.63, 3.8) is 0 Å². The van der Waals surface area contributed by atoms with E-state index < -0.39 is 0 Å². The number of nitrogens with zero attached hydrogens (tertiary/aromatic N) is 3. The molecule has 0 aliphatic carbocycles. The Morgan fingerprint density at radius 1 is 1.06 bits per heavy atom. The first-order valence-electron chi connectivity index (χ1n) is 5.23. The Morgan fingerprint density at radius 2 is 1.82 bits per heavy atom. The van der Waals surface area contributed by atoms with Crippen molar-refractivity contribution < 1.29 is 4.79 Å². The van der Waals surface area contributed by atoms with Crippen molar-refractivity contribution in [2.45, 2.75) is 0 Å². The first-order valence-corrected chi connectivity index (χ1v) is 5.23. The van der Waals surface area contributed by atoms with Crippen LogP contribution in [0.1, 0.15) is 10.4 Å². The SMILES string of the molecule is O=C(c1ccncc1)n1cnc2ccccc21. The van der Waals surface area contributed by atoms with E-state index in [4.69, 9.17) is 0 Å². The Hall–Kier alpha value is -2.49. The van der Waals surface area contributed by atoms with E-state index in [9.17, 15) is 4.79 Å². The highest BCUT2D eigenvalue weighted by Crippen LogP contribution is 2.13. The van der Waals surface area contributed by atoms with Crippen molar-refractivity contribution in [2.24, 2.45) is 0 Å². The summed E-state index contributed by atoms with van der Waals surface area (Å²) in [6.07, 6.45) is 4.76. The highest BCUT2D eigenvalue weighted by molar-refractivity contribution is 6.00. The number of fused-ring (bicyclic) bond motifs is 1. The normalized spacial score (nSPS) is 10.6. The van der Waals surface area contributed by atoms with Crippen molar-refractivity contribution in [1.82, 2.24) is 14.5 Å². The summed E-state index contributed by atoms with van der Waals surface area (Å²) in [6.45, 7) is 0. The molecule has 1 aromatic carbocycles. The summed E-state index contributed by atoms with van der Waals surface area (Å²) in [4.78, 5) is 20.3. The smallest absolute Gasteiger partial charge is 0.263 e. The van der Waals surface area contributed by atoms with Crippen molar-refractivity contribution in [2.75, 3.05) is 0 Å². The quantitative estimate of drug-likeness (QED) is 0.634. The number of hydrogen-bond donors (Lipinski definition) is 0. The predicted molar refractivity (Wildman–Crippen MR) is 63.7 cm³/mol. The minimum atomic E-state index is -0.0962.